The van der Waals surface area contributed by atoms with Crippen molar-refractivity contribution < 1.29 is 23.0 Å². The number of methoxy groups -OCH3 is 1. The molecule has 9 heteroatoms. The highest BCUT2D eigenvalue weighted by molar-refractivity contribution is 8.07. The topological polar surface area (TPSA) is 71.9 Å². The molecule has 1 heterocycles. The van der Waals surface area contributed by atoms with E-state index in [1.54, 1.807) is 31.4 Å². The van der Waals surface area contributed by atoms with Gasteiger partial charge in [0.2, 0.25) is 11.8 Å². The Hall–Kier alpha value is -1.73. The van der Waals surface area contributed by atoms with Crippen LogP contribution in [0.5, 0.6) is 23.3 Å². The van der Waals surface area contributed by atoms with Crippen LogP contribution >= 0.6 is 6.72 Å². The smallest absolute Gasteiger partial charge is 0.381 e. The summed E-state index contributed by atoms with van der Waals surface area (Å²) in [5.74, 6) is 1.65. The highest BCUT2D eigenvalue weighted by atomic mass is 32.5. The standard InChI is InChI=1S/C15H19N2O5PS/c1-4-19-23(24,20-5-2)22-15-11-10-14(16-17-15)21-13-9-7-6-8-12(13)18-3/h6-11H,4-5H2,1-3H3. The van der Waals surface area contributed by atoms with Gasteiger partial charge >= 0.3 is 6.72 Å². The Balaban J connectivity index is 2.09. The first-order valence-corrected chi connectivity index (χ1v) is 9.89. The maximum Gasteiger partial charge on any atom is 0.381 e. The van der Waals surface area contributed by atoms with E-state index in [2.05, 4.69) is 10.2 Å². The second-order valence-corrected chi connectivity index (χ2v) is 7.27. The van der Waals surface area contributed by atoms with Crippen LogP contribution in [-0.4, -0.2) is 30.5 Å². The third kappa shape index (κ3) is 5.14. The Morgan fingerprint density at radius 1 is 0.917 bits per heavy atom. The second-order valence-electron chi connectivity index (χ2n) is 4.34. The molecule has 2 aromatic rings. The average molecular weight is 370 g/mol. The highest BCUT2D eigenvalue weighted by Crippen LogP contribution is 2.49. The molecule has 0 bridgehead atoms. The fourth-order valence-corrected chi connectivity index (χ4v) is 3.75. The monoisotopic (exact) mass is 370 g/mol. The molecule has 0 fully saturated rings. The molecular formula is C15H19N2O5PS. The maximum absolute atomic E-state index is 5.65. The molecule has 7 nitrogen and oxygen atoms in total. The van der Waals surface area contributed by atoms with Gasteiger partial charge in [-0.2, -0.15) is 0 Å². The number of ether oxygens (including phenoxy) is 2. The zero-order valence-electron chi connectivity index (χ0n) is 13.7. The summed E-state index contributed by atoms with van der Waals surface area (Å²) >= 11 is 5.28. The summed E-state index contributed by atoms with van der Waals surface area (Å²) in [4.78, 5) is 0. The minimum Gasteiger partial charge on any atom is -0.493 e. The van der Waals surface area contributed by atoms with E-state index in [0.29, 0.717) is 30.6 Å². The van der Waals surface area contributed by atoms with Crippen LogP contribution in [0.25, 0.3) is 0 Å². The molecule has 0 aliphatic carbocycles. The molecule has 0 aliphatic heterocycles. The van der Waals surface area contributed by atoms with Crippen molar-refractivity contribution in [1.82, 2.24) is 10.2 Å². The van der Waals surface area contributed by atoms with Crippen LogP contribution in [-0.2, 0) is 20.9 Å². The number of benzene rings is 1. The first-order chi connectivity index (χ1) is 11.6. The van der Waals surface area contributed by atoms with Crippen LogP contribution in [0.4, 0.5) is 0 Å². The molecule has 1 aromatic carbocycles. The summed E-state index contributed by atoms with van der Waals surface area (Å²) in [5, 5.41) is 7.90. The van der Waals surface area contributed by atoms with Crippen LogP contribution in [0.1, 0.15) is 13.8 Å². The lowest BCUT2D eigenvalue weighted by atomic mass is 10.3. The molecule has 0 saturated heterocycles. The van der Waals surface area contributed by atoms with E-state index in [1.807, 2.05) is 26.0 Å². The molecule has 130 valence electrons. The van der Waals surface area contributed by atoms with Crippen molar-refractivity contribution >= 4 is 18.5 Å². The van der Waals surface area contributed by atoms with Crippen molar-refractivity contribution in [3.8, 4) is 23.3 Å². The van der Waals surface area contributed by atoms with Crippen LogP contribution in [0.2, 0.25) is 0 Å². The van der Waals surface area contributed by atoms with Crippen molar-refractivity contribution in [1.29, 1.82) is 0 Å². The molecule has 0 radical (unpaired) electrons. The second kappa shape index (κ2) is 8.94. The summed E-state index contributed by atoms with van der Waals surface area (Å²) in [5.41, 5.74) is 0. The SMILES string of the molecule is CCOP(=S)(OCC)Oc1ccc(Oc2ccccc2OC)nn1. The van der Waals surface area contributed by atoms with Crippen LogP contribution in [0.15, 0.2) is 36.4 Å². The summed E-state index contributed by atoms with van der Waals surface area (Å²) in [6, 6.07) is 10.5. The number of nitrogens with zero attached hydrogens (tertiary/aromatic N) is 2. The van der Waals surface area contributed by atoms with Crippen LogP contribution in [0.3, 0.4) is 0 Å². The van der Waals surface area contributed by atoms with E-state index in [1.165, 1.54) is 0 Å². The maximum atomic E-state index is 5.65. The first-order valence-electron chi connectivity index (χ1n) is 7.33. The van der Waals surface area contributed by atoms with Gasteiger partial charge in [-0.1, -0.05) is 12.1 Å². The van der Waals surface area contributed by atoms with Gasteiger partial charge in [-0.15, -0.1) is 10.2 Å². The molecule has 0 N–H and O–H groups in total. The largest absolute Gasteiger partial charge is 0.493 e. The summed E-state index contributed by atoms with van der Waals surface area (Å²) in [7, 11) is 1.57. The van der Waals surface area contributed by atoms with Crippen LogP contribution < -0.4 is 14.0 Å². The van der Waals surface area contributed by atoms with Crippen molar-refractivity contribution in [2.45, 2.75) is 13.8 Å². The first kappa shape index (κ1) is 18.6. The average Bonchev–Trinajstić information content (AvgIpc) is 2.57. The van der Waals surface area contributed by atoms with E-state index < -0.39 is 6.72 Å². The highest BCUT2D eigenvalue weighted by Gasteiger charge is 2.22. The number of hydrogen-bond donors (Lipinski definition) is 0. The van der Waals surface area contributed by atoms with Gasteiger partial charge < -0.3 is 14.0 Å². The summed E-state index contributed by atoms with van der Waals surface area (Å²) in [6.07, 6.45) is 0. The van der Waals surface area contributed by atoms with E-state index in [-0.39, 0.29) is 5.88 Å². The van der Waals surface area contributed by atoms with Crippen molar-refractivity contribution in [2.75, 3.05) is 20.3 Å². The Bertz CT molecular complexity index is 689. The minimum atomic E-state index is -2.87. The minimum absolute atomic E-state index is 0.215. The Morgan fingerprint density at radius 2 is 1.50 bits per heavy atom. The Labute approximate surface area is 146 Å². The molecule has 1 aromatic heterocycles. The number of rotatable bonds is 9. The van der Waals surface area contributed by atoms with Gasteiger partial charge in [0.05, 0.1) is 20.3 Å². The molecule has 0 amide bonds. The Morgan fingerprint density at radius 3 is 2.04 bits per heavy atom. The normalized spacial score (nSPS) is 11.1. The fourth-order valence-electron chi connectivity index (χ4n) is 1.75. The predicted octanol–water partition coefficient (Wildman–Crippen LogP) is 3.95. The van der Waals surface area contributed by atoms with Crippen molar-refractivity contribution in [3.63, 3.8) is 0 Å². The van der Waals surface area contributed by atoms with Gasteiger partial charge in [-0.05, 0) is 26.0 Å². The fraction of sp³-hybridized carbons (Fsp3) is 0.333. The molecule has 0 aliphatic rings. The lowest BCUT2D eigenvalue weighted by Crippen LogP contribution is -2.03. The van der Waals surface area contributed by atoms with Gasteiger partial charge in [-0.25, -0.2) is 0 Å². The van der Waals surface area contributed by atoms with Gasteiger partial charge in [0.1, 0.15) is 0 Å². The van der Waals surface area contributed by atoms with Gasteiger partial charge in [0.15, 0.2) is 11.5 Å². The zero-order chi connectivity index (χ0) is 17.4. The number of para-hydroxylation sites is 2. The molecule has 2 rings (SSSR count). The van der Waals surface area contributed by atoms with E-state index in [9.17, 15) is 0 Å². The summed E-state index contributed by atoms with van der Waals surface area (Å²) < 4.78 is 27.2. The quantitative estimate of drug-likeness (QED) is 0.615. The lowest BCUT2D eigenvalue weighted by molar-refractivity contribution is 0.215. The van der Waals surface area contributed by atoms with Gasteiger partial charge in [0, 0.05) is 23.9 Å². The Kier molecular flexibility index (Phi) is 6.93. The van der Waals surface area contributed by atoms with Crippen molar-refractivity contribution in [2.24, 2.45) is 0 Å². The van der Waals surface area contributed by atoms with Crippen LogP contribution in [0, 0.1) is 0 Å². The number of aromatic nitrogens is 2. The predicted molar refractivity (Wildman–Crippen MR) is 93.3 cm³/mol. The molecule has 0 unspecified atom stereocenters. The van der Waals surface area contributed by atoms with E-state index >= 15 is 0 Å². The number of hydrogen-bond acceptors (Lipinski definition) is 8. The van der Waals surface area contributed by atoms with Crippen molar-refractivity contribution in [3.05, 3.63) is 36.4 Å². The molecule has 0 spiro atoms. The summed E-state index contributed by atoms with van der Waals surface area (Å²) in [6.45, 7) is 1.55. The third-order valence-electron chi connectivity index (χ3n) is 2.68. The lowest BCUT2D eigenvalue weighted by Gasteiger charge is -2.19. The molecule has 0 atom stereocenters. The third-order valence-corrected chi connectivity index (χ3v) is 5.09. The molecular weight excluding hydrogens is 351 g/mol. The van der Waals surface area contributed by atoms with Gasteiger partial charge in [0.25, 0.3) is 0 Å². The van der Waals surface area contributed by atoms with E-state index in [0.717, 1.165) is 0 Å². The molecule has 0 saturated carbocycles. The molecule has 24 heavy (non-hydrogen) atoms. The zero-order valence-corrected chi connectivity index (χ0v) is 15.4. The van der Waals surface area contributed by atoms with E-state index in [4.69, 9.17) is 34.9 Å². The van der Waals surface area contributed by atoms with Gasteiger partial charge in [-0.3, -0.25) is 9.05 Å².